The Balaban J connectivity index is 4.62. The molecule has 0 aliphatic heterocycles. The second-order valence-electron chi connectivity index (χ2n) is 5.15. The van der Waals surface area contributed by atoms with Crippen molar-refractivity contribution in [2.24, 2.45) is 0 Å². The maximum absolute atomic E-state index is 11.6. The first kappa shape index (κ1) is 17.2. The molecule has 0 aromatic heterocycles. The summed E-state index contributed by atoms with van der Waals surface area (Å²) in [5.41, 5.74) is -0.636. The summed E-state index contributed by atoms with van der Waals surface area (Å²) in [4.78, 5) is 32.8. The standard InChI is InChI=1S/C12H22N2O5/c1-5-8(9(13-7-15)6-10(16)17)14-11(18)19-12(2,3)4/h7-9H,5-6H2,1-4H3,(H,13,15)(H,14,18)(H,16,17). The Morgan fingerprint density at radius 1 is 1.32 bits per heavy atom. The number of rotatable bonds is 7. The molecule has 0 saturated heterocycles. The lowest BCUT2D eigenvalue weighted by molar-refractivity contribution is -0.137. The van der Waals surface area contributed by atoms with Crippen LogP contribution in [-0.4, -0.2) is 41.3 Å². The van der Waals surface area contributed by atoms with Crippen LogP contribution in [0.5, 0.6) is 0 Å². The third-order valence-corrected chi connectivity index (χ3v) is 2.30. The van der Waals surface area contributed by atoms with E-state index in [0.717, 1.165) is 0 Å². The maximum atomic E-state index is 11.6. The summed E-state index contributed by atoms with van der Waals surface area (Å²) >= 11 is 0. The smallest absolute Gasteiger partial charge is 0.407 e. The van der Waals surface area contributed by atoms with Crippen molar-refractivity contribution in [2.75, 3.05) is 0 Å². The Morgan fingerprint density at radius 3 is 2.26 bits per heavy atom. The predicted octanol–water partition coefficient (Wildman–Crippen LogP) is 0.879. The van der Waals surface area contributed by atoms with Gasteiger partial charge in [-0.05, 0) is 27.2 Å². The summed E-state index contributed by atoms with van der Waals surface area (Å²) in [7, 11) is 0. The van der Waals surface area contributed by atoms with Gasteiger partial charge in [-0.1, -0.05) is 6.92 Å². The molecule has 0 aliphatic carbocycles. The Kier molecular flexibility index (Phi) is 6.89. The normalized spacial score (nSPS) is 14.1. The molecule has 0 saturated carbocycles. The minimum absolute atomic E-state index is 0.271. The van der Waals surface area contributed by atoms with Gasteiger partial charge in [0.1, 0.15) is 5.60 Å². The van der Waals surface area contributed by atoms with Crippen LogP contribution in [0.15, 0.2) is 0 Å². The third-order valence-electron chi connectivity index (χ3n) is 2.30. The highest BCUT2D eigenvalue weighted by Gasteiger charge is 2.26. The quantitative estimate of drug-likeness (QED) is 0.598. The van der Waals surface area contributed by atoms with Gasteiger partial charge in [-0.25, -0.2) is 4.79 Å². The molecule has 7 heteroatoms. The Bertz CT molecular complexity index is 325. The van der Waals surface area contributed by atoms with E-state index in [2.05, 4.69) is 10.6 Å². The lowest BCUT2D eigenvalue weighted by Gasteiger charge is -2.27. The highest BCUT2D eigenvalue weighted by atomic mass is 16.6. The van der Waals surface area contributed by atoms with Crippen LogP contribution < -0.4 is 10.6 Å². The number of ether oxygens (including phenoxy) is 1. The maximum Gasteiger partial charge on any atom is 0.407 e. The number of hydrogen-bond donors (Lipinski definition) is 3. The topological polar surface area (TPSA) is 105 Å². The van der Waals surface area contributed by atoms with Gasteiger partial charge in [-0.2, -0.15) is 0 Å². The molecule has 0 bridgehead atoms. The zero-order valence-corrected chi connectivity index (χ0v) is 11.7. The van der Waals surface area contributed by atoms with E-state index < -0.39 is 29.7 Å². The van der Waals surface area contributed by atoms with Gasteiger partial charge in [0.05, 0.1) is 18.5 Å². The first-order chi connectivity index (χ1) is 8.69. The first-order valence-corrected chi connectivity index (χ1v) is 6.10. The third kappa shape index (κ3) is 8.01. The van der Waals surface area contributed by atoms with Gasteiger partial charge < -0.3 is 20.5 Å². The van der Waals surface area contributed by atoms with Crippen LogP contribution in [0.4, 0.5) is 4.79 Å². The fourth-order valence-electron chi connectivity index (χ4n) is 1.54. The van der Waals surface area contributed by atoms with Crippen molar-refractivity contribution in [3.63, 3.8) is 0 Å². The lowest BCUT2D eigenvalue weighted by Crippen LogP contribution is -2.51. The minimum Gasteiger partial charge on any atom is -0.481 e. The van der Waals surface area contributed by atoms with Crippen LogP contribution in [0.1, 0.15) is 40.5 Å². The van der Waals surface area contributed by atoms with Crippen LogP contribution in [0.25, 0.3) is 0 Å². The Hall–Kier alpha value is -1.79. The number of nitrogens with one attached hydrogen (secondary N) is 2. The number of carbonyl (C=O) groups excluding carboxylic acids is 2. The molecular weight excluding hydrogens is 252 g/mol. The van der Waals surface area contributed by atoms with Gasteiger partial charge in [-0.15, -0.1) is 0 Å². The van der Waals surface area contributed by atoms with Gasteiger partial charge in [0.2, 0.25) is 6.41 Å². The second kappa shape index (κ2) is 7.60. The van der Waals surface area contributed by atoms with E-state index in [1.165, 1.54) is 0 Å². The van der Waals surface area contributed by atoms with E-state index in [1.54, 1.807) is 27.7 Å². The van der Waals surface area contributed by atoms with Crippen LogP contribution in [-0.2, 0) is 14.3 Å². The van der Waals surface area contributed by atoms with Gasteiger partial charge >= 0.3 is 12.1 Å². The highest BCUT2D eigenvalue weighted by Crippen LogP contribution is 2.09. The fraction of sp³-hybridized carbons (Fsp3) is 0.750. The summed E-state index contributed by atoms with van der Waals surface area (Å²) in [6.45, 7) is 6.97. The molecule has 110 valence electrons. The van der Waals surface area contributed by atoms with Crippen molar-refractivity contribution in [3.8, 4) is 0 Å². The molecule has 0 rings (SSSR count). The number of hydrogen-bond acceptors (Lipinski definition) is 4. The molecule has 2 unspecified atom stereocenters. The molecule has 7 nitrogen and oxygen atoms in total. The number of amides is 2. The summed E-state index contributed by atoms with van der Waals surface area (Å²) in [6, 6.07) is -1.18. The molecule has 0 aromatic rings. The first-order valence-electron chi connectivity index (χ1n) is 6.10. The summed E-state index contributed by atoms with van der Waals surface area (Å²) in [5, 5.41) is 13.7. The fourth-order valence-corrected chi connectivity index (χ4v) is 1.54. The molecule has 0 radical (unpaired) electrons. The number of carbonyl (C=O) groups is 3. The second-order valence-corrected chi connectivity index (χ2v) is 5.15. The van der Waals surface area contributed by atoms with E-state index in [1.807, 2.05) is 0 Å². The van der Waals surface area contributed by atoms with Crippen molar-refractivity contribution in [1.29, 1.82) is 0 Å². The van der Waals surface area contributed by atoms with Crippen molar-refractivity contribution in [3.05, 3.63) is 0 Å². The molecule has 0 aromatic carbocycles. The van der Waals surface area contributed by atoms with Crippen molar-refractivity contribution >= 4 is 18.5 Å². The summed E-state index contributed by atoms with van der Waals surface area (Å²) < 4.78 is 5.09. The van der Waals surface area contributed by atoms with Gasteiger partial charge in [0, 0.05) is 0 Å². The molecule has 0 spiro atoms. The van der Waals surface area contributed by atoms with E-state index in [9.17, 15) is 14.4 Å². The monoisotopic (exact) mass is 274 g/mol. The zero-order chi connectivity index (χ0) is 15.1. The molecule has 0 fully saturated rings. The molecular formula is C12H22N2O5. The van der Waals surface area contributed by atoms with E-state index >= 15 is 0 Å². The number of alkyl carbamates (subject to hydrolysis) is 1. The molecule has 2 atom stereocenters. The zero-order valence-electron chi connectivity index (χ0n) is 11.7. The molecule has 3 N–H and O–H groups in total. The molecule has 0 aliphatic rings. The van der Waals surface area contributed by atoms with Gasteiger partial charge in [0.15, 0.2) is 0 Å². The highest BCUT2D eigenvalue weighted by molar-refractivity contribution is 5.70. The minimum atomic E-state index is -1.05. The van der Waals surface area contributed by atoms with Crippen LogP contribution in [0, 0.1) is 0 Å². The average Bonchev–Trinajstić information content (AvgIpc) is 2.22. The van der Waals surface area contributed by atoms with E-state index in [0.29, 0.717) is 12.8 Å². The molecule has 0 heterocycles. The number of carboxylic acid groups (broad SMARTS) is 1. The van der Waals surface area contributed by atoms with Crippen molar-refractivity contribution in [1.82, 2.24) is 10.6 Å². The van der Waals surface area contributed by atoms with Gasteiger partial charge in [0.25, 0.3) is 0 Å². The van der Waals surface area contributed by atoms with Crippen molar-refractivity contribution < 1.29 is 24.2 Å². The van der Waals surface area contributed by atoms with Crippen LogP contribution >= 0.6 is 0 Å². The molecule has 2 amide bonds. The van der Waals surface area contributed by atoms with Crippen LogP contribution in [0.2, 0.25) is 0 Å². The van der Waals surface area contributed by atoms with Crippen LogP contribution in [0.3, 0.4) is 0 Å². The molecule has 19 heavy (non-hydrogen) atoms. The van der Waals surface area contributed by atoms with Crippen molar-refractivity contribution in [2.45, 2.75) is 58.2 Å². The largest absolute Gasteiger partial charge is 0.481 e. The lowest BCUT2D eigenvalue weighted by atomic mass is 10.0. The SMILES string of the molecule is CCC(NC(=O)OC(C)(C)C)C(CC(=O)O)NC=O. The number of carboxylic acids is 1. The number of aliphatic carboxylic acids is 1. The summed E-state index contributed by atoms with van der Waals surface area (Å²) in [6.07, 6.45) is -0.0135. The van der Waals surface area contributed by atoms with E-state index in [4.69, 9.17) is 9.84 Å². The van der Waals surface area contributed by atoms with E-state index in [-0.39, 0.29) is 6.42 Å². The Morgan fingerprint density at radius 2 is 1.89 bits per heavy atom. The Labute approximate surface area is 112 Å². The summed E-state index contributed by atoms with van der Waals surface area (Å²) in [5.74, 6) is -1.05. The van der Waals surface area contributed by atoms with Gasteiger partial charge in [-0.3, -0.25) is 9.59 Å². The average molecular weight is 274 g/mol. The predicted molar refractivity (Wildman–Crippen MR) is 68.7 cm³/mol.